The predicted octanol–water partition coefficient (Wildman–Crippen LogP) is 1.47. The molecule has 1 aromatic rings. The fraction of sp³-hybridized carbons (Fsp3) is 0.500. The van der Waals surface area contributed by atoms with Gasteiger partial charge in [0.1, 0.15) is 5.75 Å². The van der Waals surface area contributed by atoms with Crippen LogP contribution in [0.2, 0.25) is 0 Å². The van der Waals surface area contributed by atoms with Crippen LogP contribution in [0.3, 0.4) is 0 Å². The molecule has 2 N–H and O–H groups in total. The fourth-order valence-corrected chi connectivity index (χ4v) is 1.35. The van der Waals surface area contributed by atoms with Crippen molar-refractivity contribution in [2.75, 3.05) is 0 Å². The highest BCUT2D eigenvalue weighted by Crippen LogP contribution is 2.26. The summed E-state index contributed by atoms with van der Waals surface area (Å²) in [7, 11) is 0. The maximum absolute atomic E-state index is 5.75. The zero-order valence-corrected chi connectivity index (χ0v) is 7.57. The maximum Gasteiger partial charge on any atom is 0.127 e. The van der Waals surface area contributed by atoms with Crippen LogP contribution in [0.1, 0.15) is 24.8 Å². The van der Waals surface area contributed by atoms with Crippen molar-refractivity contribution in [2.45, 2.75) is 31.9 Å². The first-order valence-electron chi connectivity index (χ1n) is 4.70. The number of pyridine rings is 1. The van der Waals surface area contributed by atoms with Gasteiger partial charge in [-0.15, -0.1) is 0 Å². The second kappa shape index (κ2) is 3.75. The molecule has 0 spiro atoms. The fourth-order valence-electron chi connectivity index (χ4n) is 1.35. The first-order valence-corrected chi connectivity index (χ1v) is 4.70. The highest BCUT2D eigenvalue weighted by atomic mass is 16.5. The lowest BCUT2D eigenvalue weighted by Crippen LogP contribution is -2.25. The molecule has 2 rings (SSSR count). The molecule has 13 heavy (non-hydrogen) atoms. The minimum absolute atomic E-state index is 0.410. The van der Waals surface area contributed by atoms with Gasteiger partial charge >= 0.3 is 0 Å². The van der Waals surface area contributed by atoms with E-state index in [4.69, 9.17) is 10.5 Å². The predicted molar refractivity (Wildman–Crippen MR) is 50.4 cm³/mol. The third-order valence-corrected chi connectivity index (χ3v) is 2.42. The van der Waals surface area contributed by atoms with Crippen LogP contribution in [0, 0.1) is 0 Å². The van der Waals surface area contributed by atoms with Crippen molar-refractivity contribution in [3.05, 3.63) is 24.0 Å². The van der Waals surface area contributed by atoms with Gasteiger partial charge < -0.3 is 10.5 Å². The standard InChI is InChI=1S/C10H14N2O/c11-6-8-7-12-5-4-10(8)13-9-2-1-3-9/h4-5,7,9H,1-3,6,11H2. The van der Waals surface area contributed by atoms with Gasteiger partial charge in [0.2, 0.25) is 0 Å². The Kier molecular flexibility index (Phi) is 2.45. The molecule has 0 saturated heterocycles. The van der Waals surface area contributed by atoms with Crippen LogP contribution >= 0.6 is 0 Å². The number of ether oxygens (including phenoxy) is 1. The third kappa shape index (κ3) is 1.80. The van der Waals surface area contributed by atoms with Crippen LogP contribution in [-0.4, -0.2) is 11.1 Å². The molecule has 0 aliphatic heterocycles. The summed E-state index contributed by atoms with van der Waals surface area (Å²) in [6, 6.07) is 1.89. The average molecular weight is 178 g/mol. The van der Waals surface area contributed by atoms with Gasteiger partial charge in [-0.3, -0.25) is 4.98 Å². The quantitative estimate of drug-likeness (QED) is 0.762. The van der Waals surface area contributed by atoms with Gasteiger partial charge in [0.25, 0.3) is 0 Å². The number of hydrogen-bond acceptors (Lipinski definition) is 3. The number of hydrogen-bond donors (Lipinski definition) is 1. The molecule has 1 heterocycles. The first kappa shape index (κ1) is 8.51. The van der Waals surface area contributed by atoms with Gasteiger partial charge in [-0.25, -0.2) is 0 Å². The molecule has 0 unspecified atom stereocenters. The molecule has 1 fully saturated rings. The first-order chi connectivity index (χ1) is 6.40. The molecule has 1 aromatic heterocycles. The molecule has 0 bridgehead atoms. The minimum Gasteiger partial charge on any atom is -0.490 e. The van der Waals surface area contributed by atoms with Gasteiger partial charge in [0, 0.05) is 24.5 Å². The van der Waals surface area contributed by atoms with E-state index in [0.717, 1.165) is 11.3 Å². The van der Waals surface area contributed by atoms with E-state index in [1.54, 1.807) is 12.4 Å². The second-order valence-corrected chi connectivity index (χ2v) is 3.36. The van der Waals surface area contributed by atoms with Crippen LogP contribution in [-0.2, 0) is 6.54 Å². The lowest BCUT2D eigenvalue weighted by atomic mass is 9.96. The summed E-state index contributed by atoms with van der Waals surface area (Å²) < 4.78 is 5.75. The molecule has 3 nitrogen and oxygen atoms in total. The molecule has 3 heteroatoms. The van der Waals surface area contributed by atoms with E-state index in [1.807, 2.05) is 6.07 Å². The molecular formula is C10H14N2O. The Morgan fingerprint density at radius 3 is 3.00 bits per heavy atom. The van der Waals surface area contributed by atoms with E-state index in [2.05, 4.69) is 4.98 Å². The molecule has 0 radical (unpaired) electrons. The summed E-state index contributed by atoms with van der Waals surface area (Å²) in [4.78, 5) is 4.01. The monoisotopic (exact) mass is 178 g/mol. The van der Waals surface area contributed by atoms with Crippen LogP contribution in [0.4, 0.5) is 0 Å². The van der Waals surface area contributed by atoms with Crippen molar-refractivity contribution >= 4 is 0 Å². The molecule has 0 atom stereocenters. The van der Waals surface area contributed by atoms with Crippen molar-refractivity contribution in [3.63, 3.8) is 0 Å². The second-order valence-electron chi connectivity index (χ2n) is 3.36. The van der Waals surface area contributed by atoms with Crippen LogP contribution in [0.5, 0.6) is 5.75 Å². The van der Waals surface area contributed by atoms with E-state index in [9.17, 15) is 0 Å². The molecule has 0 amide bonds. The van der Waals surface area contributed by atoms with E-state index in [-0.39, 0.29) is 0 Å². The Labute approximate surface area is 77.9 Å². The molecule has 1 aliphatic carbocycles. The summed E-state index contributed by atoms with van der Waals surface area (Å²) in [6.45, 7) is 0.496. The Morgan fingerprint density at radius 2 is 2.38 bits per heavy atom. The third-order valence-electron chi connectivity index (χ3n) is 2.42. The van der Waals surface area contributed by atoms with Gasteiger partial charge in [-0.1, -0.05) is 0 Å². The lowest BCUT2D eigenvalue weighted by Gasteiger charge is -2.27. The van der Waals surface area contributed by atoms with E-state index in [0.29, 0.717) is 12.6 Å². The Bertz CT molecular complexity index is 284. The SMILES string of the molecule is NCc1cnccc1OC1CCC1. The summed E-state index contributed by atoms with van der Waals surface area (Å²) in [6.07, 6.45) is 7.56. The summed E-state index contributed by atoms with van der Waals surface area (Å²) in [5.74, 6) is 0.905. The number of nitrogens with two attached hydrogens (primary N) is 1. The topological polar surface area (TPSA) is 48.1 Å². The lowest BCUT2D eigenvalue weighted by molar-refractivity contribution is 0.119. The maximum atomic E-state index is 5.75. The highest BCUT2D eigenvalue weighted by molar-refractivity contribution is 5.30. The summed E-state index contributed by atoms with van der Waals surface area (Å²) >= 11 is 0. The van der Waals surface area contributed by atoms with Gasteiger partial charge in [0.05, 0.1) is 6.10 Å². The largest absolute Gasteiger partial charge is 0.490 e. The zero-order valence-electron chi connectivity index (χ0n) is 7.57. The normalized spacial score (nSPS) is 16.7. The molecule has 70 valence electrons. The van der Waals surface area contributed by atoms with Gasteiger partial charge in [-0.05, 0) is 25.3 Å². The Balaban J connectivity index is 2.08. The Hall–Kier alpha value is -1.09. The minimum atomic E-state index is 0.410. The zero-order chi connectivity index (χ0) is 9.10. The van der Waals surface area contributed by atoms with Crippen molar-refractivity contribution in [1.29, 1.82) is 0 Å². The van der Waals surface area contributed by atoms with Crippen LogP contribution < -0.4 is 10.5 Å². The number of nitrogens with zero attached hydrogens (tertiary/aromatic N) is 1. The summed E-state index contributed by atoms with van der Waals surface area (Å²) in [5, 5.41) is 0. The van der Waals surface area contributed by atoms with Crippen LogP contribution in [0.15, 0.2) is 18.5 Å². The summed E-state index contributed by atoms with van der Waals surface area (Å²) in [5.41, 5.74) is 6.56. The van der Waals surface area contributed by atoms with Crippen molar-refractivity contribution in [3.8, 4) is 5.75 Å². The Morgan fingerprint density at radius 1 is 1.54 bits per heavy atom. The van der Waals surface area contributed by atoms with E-state index < -0.39 is 0 Å². The molecular weight excluding hydrogens is 164 g/mol. The van der Waals surface area contributed by atoms with Crippen molar-refractivity contribution in [1.82, 2.24) is 4.98 Å². The van der Waals surface area contributed by atoms with E-state index in [1.165, 1.54) is 19.3 Å². The number of rotatable bonds is 3. The smallest absolute Gasteiger partial charge is 0.127 e. The molecule has 0 aromatic carbocycles. The van der Waals surface area contributed by atoms with Crippen molar-refractivity contribution in [2.24, 2.45) is 5.73 Å². The average Bonchev–Trinajstić information content (AvgIpc) is 2.12. The highest BCUT2D eigenvalue weighted by Gasteiger charge is 2.19. The van der Waals surface area contributed by atoms with E-state index >= 15 is 0 Å². The van der Waals surface area contributed by atoms with Gasteiger partial charge in [-0.2, -0.15) is 0 Å². The van der Waals surface area contributed by atoms with Crippen LogP contribution in [0.25, 0.3) is 0 Å². The van der Waals surface area contributed by atoms with Gasteiger partial charge in [0.15, 0.2) is 0 Å². The molecule has 1 saturated carbocycles. The van der Waals surface area contributed by atoms with Crippen molar-refractivity contribution < 1.29 is 4.74 Å². The molecule has 1 aliphatic rings. The number of aromatic nitrogens is 1.